The van der Waals surface area contributed by atoms with Crippen LogP contribution in [-0.2, 0) is 11.2 Å². The zero-order valence-corrected chi connectivity index (χ0v) is 24.5. The van der Waals surface area contributed by atoms with E-state index in [0.717, 1.165) is 84.6 Å². The number of benzene rings is 3. The Bertz CT molecular complexity index is 1290. The van der Waals surface area contributed by atoms with E-state index in [1.165, 1.54) is 11.6 Å². The second-order valence-electron chi connectivity index (χ2n) is 9.93. The van der Waals surface area contributed by atoms with Crippen molar-refractivity contribution < 1.29 is 18.3 Å². The fourth-order valence-corrected chi connectivity index (χ4v) is 5.61. The third-order valence-corrected chi connectivity index (χ3v) is 7.50. The molecule has 5 nitrogen and oxygen atoms in total. The summed E-state index contributed by atoms with van der Waals surface area (Å²) < 4.78 is 33.3. The van der Waals surface area contributed by atoms with Crippen LogP contribution in [0.25, 0.3) is 11.1 Å². The lowest BCUT2D eigenvalue weighted by Crippen LogP contribution is -2.26. The number of rotatable bonds is 8. The molecule has 1 aliphatic heterocycles. The number of nitrogens with one attached hydrogen (secondary N) is 1. The standard InChI is InChI=1S/C31H35F2N3O.C2H6.CH2O/c1-35-23-11-14-26-22(19-23)5-2-6-27(28-7-3-8-29(33)31(28)34)30(26)21-9-12-24(13-10-21)37-25-15-18-36(20-25)17-4-16-32;2*1-2/h3,7-14,19,25,35H,2,4-6,15-18,20,34H2,1H3;1-2H3;1H2. The maximum Gasteiger partial charge on any atom is 0.146 e. The maximum atomic E-state index is 14.5. The molecule has 3 aromatic rings. The lowest BCUT2D eigenvalue weighted by Gasteiger charge is -2.19. The zero-order chi connectivity index (χ0) is 29.8. The van der Waals surface area contributed by atoms with Crippen molar-refractivity contribution in [2.45, 2.75) is 52.1 Å². The molecule has 1 fully saturated rings. The van der Waals surface area contributed by atoms with Crippen LogP contribution in [0.3, 0.4) is 0 Å². The number of para-hydroxylation sites is 1. The molecule has 0 amide bonds. The molecule has 0 saturated carbocycles. The largest absolute Gasteiger partial charge is 0.489 e. The van der Waals surface area contributed by atoms with E-state index in [1.54, 1.807) is 6.07 Å². The molecule has 41 heavy (non-hydrogen) atoms. The van der Waals surface area contributed by atoms with Gasteiger partial charge >= 0.3 is 0 Å². The summed E-state index contributed by atoms with van der Waals surface area (Å²) in [5.41, 5.74) is 14.0. The van der Waals surface area contributed by atoms with Crippen LogP contribution in [-0.4, -0.2) is 51.1 Å². The highest BCUT2D eigenvalue weighted by Crippen LogP contribution is 2.42. The lowest BCUT2D eigenvalue weighted by molar-refractivity contribution is -0.0980. The predicted octanol–water partition coefficient (Wildman–Crippen LogP) is 7.40. The minimum atomic E-state index is -0.389. The molecule has 1 heterocycles. The average molecular weight is 564 g/mol. The summed E-state index contributed by atoms with van der Waals surface area (Å²) in [5, 5.41) is 3.24. The van der Waals surface area contributed by atoms with Crippen LogP contribution in [0.1, 0.15) is 61.8 Å². The second-order valence-corrected chi connectivity index (χ2v) is 9.93. The van der Waals surface area contributed by atoms with Gasteiger partial charge in [-0.05, 0) is 90.3 Å². The van der Waals surface area contributed by atoms with Gasteiger partial charge in [0.1, 0.15) is 24.5 Å². The fourth-order valence-electron chi connectivity index (χ4n) is 5.61. The number of alkyl halides is 1. The molecule has 0 bridgehead atoms. The van der Waals surface area contributed by atoms with E-state index in [-0.39, 0.29) is 24.3 Å². The Morgan fingerprint density at radius 3 is 2.51 bits per heavy atom. The smallest absolute Gasteiger partial charge is 0.146 e. The third kappa shape index (κ3) is 7.73. The molecule has 1 aliphatic carbocycles. The number of aryl methyl sites for hydroxylation is 1. The van der Waals surface area contributed by atoms with E-state index >= 15 is 0 Å². The van der Waals surface area contributed by atoms with E-state index in [9.17, 15) is 8.78 Å². The van der Waals surface area contributed by atoms with Crippen LogP contribution in [0.4, 0.5) is 20.2 Å². The number of fused-ring (bicyclic) bond motifs is 1. The predicted molar refractivity (Wildman–Crippen MR) is 167 cm³/mol. The van der Waals surface area contributed by atoms with Crippen LogP contribution in [0.15, 0.2) is 60.7 Å². The zero-order valence-electron chi connectivity index (χ0n) is 24.5. The Kier molecular flexibility index (Phi) is 12.3. The van der Waals surface area contributed by atoms with E-state index < -0.39 is 0 Å². The quantitative estimate of drug-likeness (QED) is 0.280. The molecule has 220 valence electrons. The Labute approximate surface area is 243 Å². The SMILES string of the molecule is C=O.CC.CNc1ccc2c(c1)CCCC(c1cccc(F)c1N)=C2c1ccc(OC2CCN(CCCF)C2)cc1. The number of likely N-dealkylation sites (tertiary alicyclic amines) is 1. The van der Waals surface area contributed by atoms with Gasteiger partial charge in [-0.15, -0.1) is 0 Å². The molecule has 0 aromatic heterocycles. The summed E-state index contributed by atoms with van der Waals surface area (Å²) in [6.07, 6.45) is 4.34. The Morgan fingerprint density at radius 1 is 1.05 bits per heavy atom. The van der Waals surface area contributed by atoms with E-state index in [0.29, 0.717) is 6.42 Å². The van der Waals surface area contributed by atoms with Crippen LogP contribution in [0, 0.1) is 5.82 Å². The Morgan fingerprint density at radius 2 is 1.80 bits per heavy atom. The van der Waals surface area contributed by atoms with Gasteiger partial charge in [-0.3, -0.25) is 9.29 Å². The summed E-state index contributed by atoms with van der Waals surface area (Å²) in [5.74, 6) is 0.438. The average Bonchev–Trinajstić information content (AvgIpc) is 3.38. The van der Waals surface area contributed by atoms with Crippen LogP contribution in [0.2, 0.25) is 0 Å². The molecule has 7 heteroatoms. The molecular formula is C34H43F2N3O2. The fraction of sp³-hybridized carbons (Fsp3) is 0.382. The van der Waals surface area contributed by atoms with Gasteiger partial charge in [-0.25, -0.2) is 4.39 Å². The van der Waals surface area contributed by atoms with E-state index in [2.05, 4.69) is 40.5 Å². The van der Waals surface area contributed by atoms with Crippen molar-refractivity contribution in [1.82, 2.24) is 4.90 Å². The number of ether oxygens (including phenoxy) is 1. The van der Waals surface area contributed by atoms with Crippen molar-refractivity contribution >= 4 is 29.3 Å². The highest BCUT2D eigenvalue weighted by atomic mass is 19.1. The van der Waals surface area contributed by atoms with Crippen LogP contribution in [0.5, 0.6) is 5.75 Å². The molecule has 3 N–H and O–H groups in total. The van der Waals surface area contributed by atoms with Crippen molar-refractivity contribution in [3.8, 4) is 5.75 Å². The summed E-state index contributed by atoms with van der Waals surface area (Å²) in [6.45, 7) is 8.28. The van der Waals surface area contributed by atoms with Gasteiger partial charge in [0.25, 0.3) is 0 Å². The van der Waals surface area contributed by atoms with Gasteiger partial charge in [0.15, 0.2) is 0 Å². The molecule has 1 atom stereocenters. The van der Waals surface area contributed by atoms with Crippen LogP contribution < -0.4 is 15.8 Å². The number of nitrogens with zero attached hydrogens (tertiary/aromatic N) is 1. The monoisotopic (exact) mass is 563 g/mol. The van der Waals surface area contributed by atoms with Gasteiger partial charge in [0.2, 0.25) is 0 Å². The first kappa shape index (κ1) is 31.8. The van der Waals surface area contributed by atoms with Gasteiger partial charge in [-0.1, -0.05) is 44.2 Å². The molecule has 1 saturated heterocycles. The first-order valence-electron chi connectivity index (χ1n) is 14.5. The summed E-state index contributed by atoms with van der Waals surface area (Å²) in [7, 11) is 1.93. The minimum absolute atomic E-state index is 0.117. The first-order chi connectivity index (χ1) is 20.1. The molecule has 1 unspecified atom stereocenters. The summed E-state index contributed by atoms with van der Waals surface area (Å²) in [4.78, 5) is 10.3. The van der Waals surface area contributed by atoms with E-state index in [4.69, 9.17) is 15.3 Å². The Hall–Kier alpha value is -3.71. The summed E-state index contributed by atoms with van der Waals surface area (Å²) in [6, 6.07) is 19.8. The van der Waals surface area contributed by atoms with Crippen molar-refractivity contribution in [2.24, 2.45) is 0 Å². The number of allylic oxidation sites excluding steroid dienone is 1. The first-order valence-corrected chi connectivity index (χ1v) is 14.5. The van der Waals surface area contributed by atoms with Gasteiger partial charge in [0.05, 0.1) is 12.4 Å². The van der Waals surface area contributed by atoms with Crippen molar-refractivity contribution in [3.63, 3.8) is 0 Å². The number of anilines is 2. The number of hydrogen-bond acceptors (Lipinski definition) is 5. The molecule has 0 radical (unpaired) electrons. The van der Waals surface area contributed by atoms with Gasteiger partial charge < -0.3 is 20.6 Å². The molecule has 3 aromatic carbocycles. The number of carbonyl (C=O) groups is 1. The third-order valence-electron chi connectivity index (χ3n) is 7.50. The number of carbonyl (C=O) groups excluding carboxylic acids is 1. The number of halogens is 2. The van der Waals surface area contributed by atoms with Crippen LogP contribution >= 0.6 is 0 Å². The highest BCUT2D eigenvalue weighted by molar-refractivity contribution is 6.02. The van der Waals surface area contributed by atoms with Crippen molar-refractivity contribution in [1.29, 1.82) is 0 Å². The number of nitrogens with two attached hydrogens (primary N) is 1. The Balaban J connectivity index is 0.00000111. The number of nitrogen functional groups attached to an aromatic ring is 1. The molecule has 2 aliphatic rings. The van der Waals surface area contributed by atoms with Crippen molar-refractivity contribution in [2.75, 3.05) is 44.4 Å². The molecular weight excluding hydrogens is 520 g/mol. The van der Waals surface area contributed by atoms with E-state index in [1.807, 2.05) is 45.9 Å². The maximum absolute atomic E-state index is 14.5. The minimum Gasteiger partial charge on any atom is -0.489 e. The van der Waals surface area contributed by atoms with Gasteiger partial charge in [-0.2, -0.15) is 0 Å². The second kappa shape index (κ2) is 15.9. The topological polar surface area (TPSA) is 67.6 Å². The van der Waals surface area contributed by atoms with Crippen molar-refractivity contribution in [3.05, 3.63) is 88.7 Å². The lowest BCUT2D eigenvalue weighted by atomic mass is 9.87. The molecule has 5 rings (SSSR count). The normalized spacial score (nSPS) is 16.5. The number of hydrogen-bond donors (Lipinski definition) is 2. The molecule has 0 spiro atoms. The highest BCUT2D eigenvalue weighted by Gasteiger charge is 2.25. The summed E-state index contributed by atoms with van der Waals surface area (Å²) >= 11 is 0. The van der Waals surface area contributed by atoms with Gasteiger partial charge in [0, 0.05) is 37.9 Å².